The van der Waals surface area contributed by atoms with Gasteiger partial charge in [0.2, 0.25) is 0 Å². The van der Waals surface area contributed by atoms with E-state index < -0.39 is 0 Å². The zero-order valence-corrected chi connectivity index (χ0v) is 9.13. The number of rotatable bonds is 5. The van der Waals surface area contributed by atoms with Crippen LogP contribution in [-0.4, -0.2) is 26.0 Å². The molecule has 0 atom stereocenters. The van der Waals surface area contributed by atoms with Crippen LogP contribution in [0, 0.1) is 11.8 Å². The van der Waals surface area contributed by atoms with Crippen LogP contribution >= 0.6 is 0 Å². The number of carbonyl (C=O) groups is 1. The van der Waals surface area contributed by atoms with Gasteiger partial charge in [-0.1, -0.05) is 0 Å². The molecule has 0 aromatic heterocycles. The number of nitrogens with zero attached hydrogens (tertiary/aromatic N) is 3. The Kier molecular flexibility index (Phi) is 5.74. The molecule has 0 saturated heterocycles. The van der Waals surface area contributed by atoms with Crippen LogP contribution in [0.1, 0.15) is 25.7 Å². The van der Waals surface area contributed by atoms with E-state index in [0.717, 1.165) is 39.4 Å². The van der Waals surface area contributed by atoms with Gasteiger partial charge in [0.15, 0.2) is 0 Å². The van der Waals surface area contributed by atoms with Crippen molar-refractivity contribution in [1.82, 2.24) is 5.32 Å². The summed E-state index contributed by atoms with van der Waals surface area (Å²) < 4.78 is 10.1. The summed E-state index contributed by atoms with van der Waals surface area (Å²) in [4.78, 5) is 13.8. The van der Waals surface area contributed by atoms with Crippen LogP contribution in [0.25, 0.3) is 10.4 Å². The second-order valence-electron chi connectivity index (χ2n) is 4.07. The summed E-state index contributed by atoms with van der Waals surface area (Å²) in [7, 11) is 0.844. The molecule has 7 heteroatoms. The Balaban J connectivity index is 2.25. The molecule has 0 radical (unpaired) electrons. The van der Waals surface area contributed by atoms with Crippen LogP contribution < -0.4 is 5.32 Å². The molecule has 1 amide bonds. The molecule has 1 aliphatic rings. The number of hydrogen-bond acceptors (Lipinski definition) is 3. The molecule has 0 spiro atoms. The predicted molar refractivity (Wildman–Crippen MR) is 58.9 cm³/mol. The van der Waals surface area contributed by atoms with Crippen molar-refractivity contribution in [3.8, 4) is 0 Å². The summed E-state index contributed by atoms with van der Waals surface area (Å²) in [6, 6.07) is 0. The molecule has 1 aliphatic carbocycles. The van der Waals surface area contributed by atoms with Crippen molar-refractivity contribution in [3.63, 3.8) is 0 Å². The summed E-state index contributed by atoms with van der Waals surface area (Å²) in [6.45, 7) is 0.821. The van der Waals surface area contributed by atoms with E-state index in [1.165, 1.54) is 0 Å². The van der Waals surface area contributed by atoms with Gasteiger partial charge in [0.05, 0.1) is 0 Å². The summed E-state index contributed by atoms with van der Waals surface area (Å²) in [5, 5.41) is 6.17. The van der Waals surface area contributed by atoms with Gasteiger partial charge >= 0.3 is 93.9 Å². The van der Waals surface area contributed by atoms with Crippen molar-refractivity contribution in [1.29, 1.82) is 0 Å². The maximum atomic E-state index is 11.3. The first-order chi connectivity index (χ1) is 7.77. The topological polar surface area (TPSA) is 94.9 Å². The number of carbonyl (C=O) groups excluding carboxylic acids is 1. The van der Waals surface area contributed by atoms with Crippen LogP contribution in [0.4, 0.5) is 0 Å². The van der Waals surface area contributed by atoms with E-state index in [4.69, 9.17) is 5.53 Å². The maximum absolute atomic E-state index is 11.3. The average Bonchev–Trinajstić information content (AvgIpc) is 2.30. The minimum absolute atomic E-state index is 0.0989. The Morgan fingerprint density at radius 2 is 2.12 bits per heavy atom. The fourth-order valence-corrected chi connectivity index (χ4v) is 2.09. The SMILES string of the molecule is [N-]=[N+]=NC(=O)C1CCC(CNCB=O)CC1. The minimum atomic E-state index is -0.332. The van der Waals surface area contributed by atoms with Crippen molar-refractivity contribution in [2.24, 2.45) is 17.0 Å². The third-order valence-electron chi connectivity index (χ3n) is 3.00. The fraction of sp³-hybridized carbons (Fsp3) is 0.889. The first kappa shape index (κ1) is 12.9. The van der Waals surface area contributed by atoms with Crippen LogP contribution in [0.2, 0.25) is 0 Å². The molecule has 0 bridgehead atoms. The van der Waals surface area contributed by atoms with Crippen molar-refractivity contribution < 1.29 is 9.50 Å². The van der Waals surface area contributed by atoms with Crippen LogP contribution in [0.15, 0.2) is 5.11 Å². The Morgan fingerprint density at radius 3 is 2.69 bits per heavy atom. The molecule has 0 aromatic carbocycles. The Hall–Kier alpha value is -1.20. The van der Waals surface area contributed by atoms with Crippen LogP contribution in [0.3, 0.4) is 0 Å². The van der Waals surface area contributed by atoms with E-state index in [1.54, 1.807) is 0 Å². The zero-order chi connectivity index (χ0) is 11.8. The molecular weight excluding hydrogens is 207 g/mol. The first-order valence-electron chi connectivity index (χ1n) is 5.51. The van der Waals surface area contributed by atoms with E-state index >= 15 is 0 Å². The molecule has 86 valence electrons. The molecule has 0 aromatic rings. The number of nitrogens with one attached hydrogen (secondary N) is 1. The molecule has 1 N–H and O–H groups in total. The third-order valence-corrected chi connectivity index (χ3v) is 3.00. The summed E-state index contributed by atoms with van der Waals surface area (Å²) >= 11 is 0. The average molecular weight is 222 g/mol. The molecule has 1 saturated carbocycles. The fourth-order valence-electron chi connectivity index (χ4n) is 2.09. The van der Waals surface area contributed by atoms with Crippen molar-refractivity contribution in [3.05, 3.63) is 10.4 Å². The molecule has 0 unspecified atom stereocenters. The van der Waals surface area contributed by atoms with E-state index in [1.807, 2.05) is 0 Å². The summed E-state index contributed by atoms with van der Waals surface area (Å²) in [5.41, 5.74) is 8.16. The van der Waals surface area contributed by atoms with Crippen LogP contribution in [0.5, 0.6) is 0 Å². The van der Waals surface area contributed by atoms with E-state index in [-0.39, 0.29) is 11.8 Å². The van der Waals surface area contributed by atoms with Gasteiger partial charge in [0.25, 0.3) is 0 Å². The predicted octanol–water partition coefficient (Wildman–Crippen LogP) is 1.23. The van der Waals surface area contributed by atoms with Crippen LogP contribution in [-0.2, 0) is 9.50 Å². The molecule has 0 heterocycles. The molecule has 6 nitrogen and oxygen atoms in total. The second-order valence-corrected chi connectivity index (χ2v) is 4.07. The Labute approximate surface area is 94.7 Å². The zero-order valence-electron chi connectivity index (χ0n) is 9.13. The molecular formula is C9H15BN4O2. The Morgan fingerprint density at radius 1 is 1.44 bits per heavy atom. The van der Waals surface area contributed by atoms with Gasteiger partial charge in [0.1, 0.15) is 0 Å². The van der Waals surface area contributed by atoms with Gasteiger partial charge in [-0.15, -0.1) is 0 Å². The quantitative estimate of drug-likeness (QED) is 0.249. The number of hydrogen-bond donors (Lipinski definition) is 1. The van der Waals surface area contributed by atoms with E-state index in [9.17, 15) is 9.50 Å². The monoisotopic (exact) mass is 222 g/mol. The van der Waals surface area contributed by atoms with Gasteiger partial charge in [-0.3, -0.25) is 0 Å². The van der Waals surface area contributed by atoms with Gasteiger partial charge in [-0.2, -0.15) is 0 Å². The van der Waals surface area contributed by atoms with Gasteiger partial charge in [-0.05, 0) is 0 Å². The standard InChI is InChI=1S/C9H15BN4O2/c11-14-13-9(15)8-3-1-7(2-4-8)5-12-6-10-16/h7-8,12H,1-6H2. The molecule has 1 rings (SSSR count). The normalized spacial score (nSPS) is 24.2. The first-order valence-corrected chi connectivity index (χ1v) is 5.51. The van der Waals surface area contributed by atoms with Gasteiger partial charge in [-0.25, -0.2) is 0 Å². The molecule has 1 fully saturated rings. The Bertz CT molecular complexity index is 296. The summed E-state index contributed by atoms with van der Waals surface area (Å²) in [6.07, 6.45) is 3.85. The molecule has 16 heavy (non-hydrogen) atoms. The third kappa shape index (κ3) is 4.12. The van der Waals surface area contributed by atoms with Crippen molar-refractivity contribution in [2.45, 2.75) is 25.7 Å². The van der Waals surface area contributed by atoms with Crippen molar-refractivity contribution >= 4 is 13.1 Å². The van der Waals surface area contributed by atoms with E-state index in [2.05, 4.69) is 15.3 Å². The number of azide groups is 1. The van der Waals surface area contributed by atoms with E-state index in [0.29, 0.717) is 12.4 Å². The van der Waals surface area contributed by atoms with Gasteiger partial charge < -0.3 is 0 Å². The number of amides is 1. The summed E-state index contributed by atoms with van der Waals surface area (Å²) in [5.74, 6) is 0.0927. The second kappa shape index (κ2) is 7.14. The molecule has 0 aliphatic heterocycles. The van der Waals surface area contributed by atoms with Gasteiger partial charge in [0, 0.05) is 0 Å². The van der Waals surface area contributed by atoms with Crippen molar-refractivity contribution in [2.75, 3.05) is 13.0 Å².